The van der Waals surface area contributed by atoms with Crippen LogP contribution < -0.4 is 5.55 Å². The first kappa shape index (κ1) is 11.0. The maximum absolute atomic E-state index is 7.85. The lowest BCUT2D eigenvalue weighted by Crippen LogP contribution is -1.96. The fraction of sp³-hybridized carbons (Fsp3) is 0.0714. The van der Waals surface area contributed by atoms with Crippen molar-refractivity contribution in [1.29, 1.82) is 5.41 Å². The normalized spacial score (nSPS) is 10.7. The maximum Gasteiger partial charge on any atom is 0.244 e. The zero-order chi connectivity index (χ0) is 12.5. The minimum absolute atomic E-state index is 0.210. The summed E-state index contributed by atoms with van der Waals surface area (Å²) in [6, 6.07) is 13.9. The van der Waals surface area contributed by atoms with E-state index in [0.29, 0.717) is 0 Å². The highest BCUT2D eigenvalue weighted by molar-refractivity contribution is 7.13. The van der Waals surface area contributed by atoms with Crippen LogP contribution in [0.3, 0.4) is 0 Å². The Balaban J connectivity index is 2.29. The van der Waals surface area contributed by atoms with Crippen LogP contribution >= 0.6 is 11.3 Å². The number of nitrogens with zero attached hydrogens (tertiary/aromatic N) is 1. The van der Waals surface area contributed by atoms with Crippen molar-refractivity contribution >= 4 is 11.3 Å². The minimum atomic E-state index is 0.210. The number of benzene rings is 1. The minimum Gasteiger partial charge on any atom is -0.354 e. The summed E-state index contributed by atoms with van der Waals surface area (Å²) in [7, 11) is 0. The van der Waals surface area contributed by atoms with Crippen LogP contribution in [0.15, 0.2) is 52.4 Å². The lowest BCUT2D eigenvalue weighted by molar-refractivity contribution is 0.313. The Morgan fingerprint density at radius 2 is 1.89 bits per heavy atom. The van der Waals surface area contributed by atoms with E-state index in [9.17, 15) is 0 Å². The molecular weight excluding hydrogens is 244 g/mol. The van der Waals surface area contributed by atoms with Crippen LogP contribution in [-0.2, 0) is 0 Å². The summed E-state index contributed by atoms with van der Waals surface area (Å²) in [6.45, 7) is 1.92. The monoisotopic (exact) mass is 256 g/mol. The van der Waals surface area contributed by atoms with Gasteiger partial charge in [-0.2, -0.15) is 4.74 Å². The van der Waals surface area contributed by atoms with Crippen LogP contribution in [0, 0.1) is 12.3 Å². The first-order chi connectivity index (χ1) is 8.77. The van der Waals surface area contributed by atoms with E-state index in [4.69, 9.17) is 9.93 Å². The molecule has 90 valence electrons. The molecule has 0 unspecified atom stereocenters. The van der Waals surface area contributed by atoms with Crippen molar-refractivity contribution in [3.63, 3.8) is 0 Å². The predicted octanol–water partition coefficient (Wildman–Crippen LogP) is 3.59. The van der Waals surface area contributed by atoms with Gasteiger partial charge in [0.15, 0.2) is 0 Å². The molecule has 3 nitrogen and oxygen atoms in total. The lowest BCUT2D eigenvalue weighted by atomic mass is 10.2. The van der Waals surface area contributed by atoms with Gasteiger partial charge in [-0.15, -0.1) is 11.3 Å². The molecule has 0 saturated heterocycles. The molecule has 1 aromatic carbocycles. The van der Waals surface area contributed by atoms with Crippen molar-refractivity contribution < 1.29 is 4.52 Å². The van der Waals surface area contributed by atoms with Gasteiger partial charge in [0.1, 0.15) is 5.69 Å². The van der Waals surface area contributed by atoms with Crippen molar-refractivity contribution in [2.24, 2.45) is 0 Å². The first-order valence-corrected chi connectivity index (χ1v) is 6.52. The fourth-order valence-corrected chi connectivity index (χ4v) is 2.72. The Morgan fingerprint density at radius 1 is 1.11 bits per heavy atom. The second-order valence-electron chi connectivity index (χ2n) is 4.00. The van der Waals surface area contributed by atoms with Gasteiger partial charge < -0.3 is 4.52 Å². The van der Waals surface area contributed by atoms with Crippen LogP contribution in [0.1, 0.15) is 5.56 Å². The van der Waals surface area contributed by atoms with E-state index in [1.165, 1.54) is 0 Å². The fourth-order valence-electron chi connectivity index (χ4n) is 1.91. The van der Waals surface area contributed by atoms with Crippen LogP contribution in [0.2, 0.25) is 0 Å². The summed E-state index contributed by atoms with van der Waals surface area (Å²) < 4.78 is 7.27. The van der Waals surface area contributed by atoms with E-state index in [1.54, 1.807) is 16.1 Å². The number of aromatic nitrogens is 1. The Hall–Kier alpha value is -2.07. The number of hydrogen-bond donors (Lipinski definition) is 1. The van der Waals surface area contributed by atoms with Crippen LogP contribution in [0.4, 0.5) is 0 Å². The van der Waals surface area contributed by atoms with E-state index in [0.717, 1.165) is 21.8 Å². The van der Waals surface area contributed by atoms with Gasteiger partial charge in [-0.3, -0.25) is 5.41 Å². The molecule has 0 aliphatic carbocycles. The van der Waals surface area contributed by atoms with Gasteiger partial charge in [0.2, 0.25) is 5.55 Å². The molecule has 3 rings (SSSR count). The molecule has 0 fully saturated rings. The third-order valence-electron chi connectivity index (χ3n) is 2.83. The Kier molecular flexibility index (Phi) is 2.64. The van der Waals surface area contributed by atoms with E-state index in [1.807, 2.05) is 54.8 Å². The average molecular weight is 256 g/mol. The van der Waals surface area contributed by atoms with Gasteiger partial charge in [0, 0.05) is 5.56 Å². The zero-order valence-corrected chi connectivity index (χ0v) is 10.7. The van der Waals surface area contributed by atoms with Crippen molar-refractivity contribution in [3.8, 4) is 16.3 Å². The number of thiophene rings is 1. The Morgan fingerprint density at radius 3 is 2.56 bits per heavy atom. The maximum atomic E-state index is 7.85. The van der Waals surface area contributed by atoms with Gasteiger partial charge >= 0.3 is 0 Å². The van der Waals surface area contributed by atoms with Crippen molar-refractivity contribution in [1.82, 2.24) is 4.74 Å². The van der Waals surface area contributed by atoms with Gasteiger partial charge in [-0.1, -0.05) is 24.3 Å². The zero-order valence-electron chi connectivity index (χ0n) is 9.88. The topological polar surface area (TPSA) is 41.9 Å². The smallest absolute Gasteiger partial charge is 0.244 e. The van der Waals surface area contributed by atoms with Crippen LogP contribution in [0.5, 0.6) is 0 Å². The molecular formula is C14H12N2OS. The van der Waals surface area contributed by atoms with Gasteiger partial charge in [0.05, 0.1) is 10.6 Å². The van der Waals surface area contributed by atoms with Crippen LogP contribution in [-0.4, -0.2) is 4.74 Å². The average Bonchev–Trinajstić information content (AvgIpc) is 3.00. The van der Waals surface area contributed by atoms with E-state index < -0.39 is 0 Å². The van der Waals surface area contributed by atoms with Crippen LogP contribution in [0.25, 0.3) is 16.3 Å². The molecule has 0 atom stereocenters. The summed E-state index contributed by atoms with van der Waals surface area (Å²) in [5.41, 5.74) is 2.97. The molecule has 0 amide bonds. The third-order valence-corrected chi connectivity index (χ3v) is 3.70. The largest absolute Gasteiger partial charge is 0.354 e. The second kappa shape index (κ2) is 4.31. The third kappa shape index (κ3) is 1.71. The Bertz CT molecular complexity index is 708. The first-order valence-electron chi connectivity index (χ1n) is 5.64. The molecule has 0 saturated carbocycles. The Labute approximate surface area is 108 Å². The molecule has 2 heterocycles. The van der Waals surface area contributed by atoms with Crippen molar-refractivity contribution in [2.45, 2.75) is 6.92 Å². The summed E-state index contributed by atoms with van der Waals surface area (Å²) in [6.07, 6.45) is 0. The van der Waals surface area contributed by atoms with E-state index in [2.05, 4.69) is 0 Å². The van der Waals surface area contributed by atoms with Gasteiger partial charge in [0.25, 0.3) is 0 Å². The molecule has 0 radical (unpaired) electrons. The predicted molar refractivity (Wildman–Crippen MR) is 71.9 cm³/mol. The lowest BCUT2D eigenvalue weighted by Gasteiger charge is -2.05. The number of para-hydroxylation sites is 1. The molecule has 18 heavy (non-hydrogen) atoms. The summed E-state index contributed by atoms with van der Waals surface area (Å²) in [4.78, 5) is 1.11. The summed E-state index contributed by atoms with van der Waals surface area (Å²) in [5.74, 6) is 0. The summed E-state index contributed by atoms with van der Waals surface area (Å²) in [5, 5.41) is 9.88. The highest BCUT2D eigenvalue weighted by Crippen LogP contribution is 2.28. The molecule has 0 spiro atoms. The molecule has 1 N–H and O–H groups in total. The quantitative estimate of drug-likeness (QED) is 0.748. The standard InChI is InChI=1S/C14H12N2OS/c1-10-13(12-8-5-9-18-12)16(17-14(10)15)11-6-3-2-4-7-11/h2-9,15H,1H3. The highest BCUT2D eigenvalue weighted by Gasteiger charge is 2.15. The molecule has 0 aliphatic heterocycles. The number of nitrogens with one attached hydrogen (secondary N) is 1. The molecule has 4 heteroatoms. The number of hydrogen-bond acceptors (Lipinski definition) is 3. The van der Waals surface area contributed by atoms with E-state index in [-0.39, 0.29) is 5.55 Å². The molecule has 0 aliphatic rings. The molecule has 3 aromatic rings. The SMILES string of the molecule is Cc1c(-c2cccs2)n(-c2ccccc2)oc1=N. The summed E-state index contributed by atoms with van der Waals surface area (Å²) >= 11 is 1.65. The van der Waals surface area contributed by atoms with Gasteiger partial charge in [-0.05, 0) is 30.5 Å². The second-order valence-corrected chi connectivity index (χ2v) is 4.95. The van der Waals surface area contributed by atoms with Crippen molar-refractivity contribution in [2.75, 3.05) is 0 Å². The van der Waals surface area contributed by atoms with E-state index >= 15 is 0 Å². The molecule has 0 bridgehead atoms. The number of rotatable bonds is 2. The highest BCUT2D eigenvalue weighted by atomic mass is 32.1. The van der Waals surface area contributed by atoms with Gasteiger partial charge in [-0.25, -0.2) is 0 Å². The molecule has 2 aromatic heterocycles. The van der Waals surface area contributed by atoms with Crippen molar-refractivity contribution in [3.05, 3.63) is 59.0 Å².